The summed E-state index contributed by atoms with van der Waals surface area (Å²) < 4.78 is 0. The molecule has 0 radical (unpaired) electrons. The molecule has 1 fully saturated rings. The molecular weight excluding hydrogens is 258 g/mol. The molecule has 108 valence electrons. The van der Waals surface area contributed by atoms with Gasteiger partial charge in [-0.25, -0.2) is 9.97 Å². The van der Waals surface area contributed by atoms with Crippen molar-refractivity contribution >= 4 is 17.5 Å². The lowest BCUT2D eigenvalue weighted by molar-refractivity contribution is -0.133. The van der Waals surface area contributed by atoms with E-state index in [1.165, 1.54) is 11.1 Å². The number of hydrogen-bond donors (Lipinski definition) is 1. The number of likely N-dealkylation sites (N-methyl/N-ethyl adjacent to an activating group) is 1. The smallest absolute Gasteiger partial charge is 0.275 e. The highest BCUT2D eigenvalue weighted by Crippen LogP contribution is 2.16. The van der Waals surface area contributed by atoms with Crippen molar-refractivity contribution in [2.24, 2.45) is 0 Å². The summed E-state index contributed by atoms with van der Waals surface area (Å²) in [4.78, 5) is 35.5. The Bertz CT molecular complexity index is 544. The van der Waals surface area contributed by atoms with Crippen LogP contribution < -0.4 is 5.73 Å². The number of rotatable bonds is 2. The summed E-state index contributed by atoms with van der Waals surface area (Å²) in [5, 5.41) is 0. The molecule has 1 aliphatic heterocycles. The second-order valence-corrected chi connectivity index (χ2v) is 5.23. The van der Waals surface area contributed by atoms with Gasteiger partial charge < -0.3 is 15.5 Å². The highest BCUT2D eigenvalue weighted by atomic mass is 16.2. The van der Waals surface area contributed by atoms with Gasteiger partial charge >= 0.3 is 0 Å². The molecule has 7 heteroatoms. The van der Waals surface area contributed by atoms with Gasteiger partial charge in [-0.1, -0.05) is 13.8 Å². The van der Waals surface area contributed by atoms with Crippen molar-refractivity contribution in [2.45, 2.75) is 19.8 Å². The largest absolute Gasteiger partial charge is 0.396 e. The standard InChI is InChI=1S/C13H19N5O2/c1-8(2)12-15-6-9(14)11(16-12)13(20)18-5-4-17(3)10(19)7-18/h6,8H,4-5,7,14H2,1-3H3. The van der Waals surface area contributed by atoms with Crippen molar-refractivity contribution < 1.29 is 9.59 Å². The summed E-state index contributed by atoms with van der Waals surface area (Å²) in [6, 6.07) is 0. The Morgan fingerprint density at radius 3 is 2.70 bits per heavy atom. The maximum atomic E-state index is 12.4. The number of nitrogen functional groups attached to an aromatic ring is 1. The molecule has 0 bridgehead atoms. The lowest BCUT2D eigenvalue weighted by Crippen LogP contribution is -2.50. The third-order valence-corrected chi connectivity index (χ3v) is 3.30. The van der Waals surface area contributed by atoms with Gasteiger partial charge in [-0.2, -0.15) is 0 Å². The first-order chi connectivity index (χ1) is 9.40. The van der Waals surface area contributed by atoms with Gasteiger partial charge in [0.15, 0.2) is 5.69 Å². The van der Waals surface area contributed by atoms with Crippen LogP contribution in [0, 0.1) is 0 Å². The van der Waals surface area contributed by atoms with Crippen LogP contribution in [0.25, 0.3) is 0 Å². The third kappa shape index (κ3) is 2.71. The minimum absolute atomic E-state index is 0.0653. The van der Waals surface area contributed by atoms with Gasteiger partial charge in [0.25, 0.3) is 5.91 Å². The summed E-state index contributed by atoms with van der Waals surface area (Å²) in [5.74, 6) is 0.286. The van der Waals surface area contributed by atoms with E-state index >= 15 is 0 Å². The van der Waals surface area contributed by atoms with Crippen LogP contribution in [-0.2, 0) is 4.79 Å². The Kier molecular flexibility index (Phi) is 3.87. The van der Waals surface area contributed by atoms with Crippen LogP contribution in [-0.4, -0.2) is 58.3 Å². The zero-order chi connectivity index (χ0) is 14.9. The molecule has 0 spiro atoms. The van der Waals surface area contributed by atoms with Crippen LogP contribution >= 0.6 is 0 Å². The maximum Gasteiger partial charge on any atom is 0.275 e. The van der Waals surface area contributed by atoms with E-state index in [1.807, 2.05) is 13.8 Å². The fraction of sp³-hybridized carbons (Fsp3) is 0.538. The second kappa shape index (κ2) is 5.44. The van der Waals surface area contributed by atoms with E-state index in [9.17, 15) is 9.59 Å². The van der Waals surface area contributed by atoms with Gasteiger partial charge in [0, 0.05) is 26.1 Å². The topological polar surface area (TPSA) is 92.4 Å². The number of nitrogens with zero attached hydrogens (tertiary/aromatic N) is 4. The van der Waals surface area contributed by atoms with Gasteiger partial charge in [-0.05, 0) is 0 Å². The zero-order valence-electron chi connectivity index (χ0n) is 12.0. The Morgan fingerprint density at radius 1 is 1.40 bits per heavy atom. The zero-order valence-corrected chi connectivity index (χ0v) is 12.0. The van der Waals surface area contributed by atoms with Crippen LogP contribution in [0.1, 0.15) is 36.1 Å². The van der Waals surface area contributed by atoms with Gasteiger partial charge in [0.05, 0.1) is 11.9 Å². The minimum Gasteiger partial charge on any atom is -0.396 e. The van der Waals surface area contributed by atoms with Crippen molar-refractivity contribution in [1.82, 2.24) is 19.8 Å². The number of aromatic nitrogens is 2. The van der Waals surface area contributed by atoms with Crippen molar-refractivity contribution in [3.8, 4) is 0 Å². The molecule has 2 rings (SSSR count). The van der Waals surface area contributed by atoms with Crippen molar-refractivity contribution in [3.05, 3.63) is 17.7 Å². The molecule has 1 aromatic rings. The van der Waals surface area contributed by atoms with Crippen molar-refractivity contribution in [3.63, 3.8) is 0 Å². The van der Waals surface area contributed by atoms with E-state index in [0.29, 0.717) is 18.9 Å². The fourth-order valence-corrected chi connectivity index (χ4v) is 1.94. The molecule has 2 heterocycles. The van der Waals surface area contributed by atoms with Gasteiger partial charge in [0.2, 0.25) is 5.91 Å². The quantitative estimate of drug-likeness (QED) is 0.827. The van der Waals surface area contributed by atoms with E-state index in [0.717, 1.165) is 0 Å². The van der Waals surface area contributed by atoms with E-state index in [1.54, 1.807) is 11.9 Å². The van der Waals surface area contributed by atoms with Crippen LogP contribution in [0.2, 0.25) is 0 Å². The first-order valence-corrected chi connectivity index (χ1v) is 6.55. The van der Waals surface area contributed by atoms with Gasteiger partial charge in [-0.15, -0.1) is 0 Å². The number of hydrogen-bond acceptors (Lipinski definition) is 5. The molecule has 1 aromatic heterocycles. The lowest BCUT2D eigenvalue weighted by Gasteiger charge is -2.31. The molecule has 2 N–H and O–H groups in total. The monoisotopic (exact) mass is 277 g/mol. The predicted molar refractivity (Wildman–Crippen MR) is 74.1 cm³/mol. The number of carbonyl (C=O) groups excluding carboxylic acids is 2. The molecule has 1 aliphatic rings. The predicted octanol–water partition coefficient (Wildman–Crippen LogP) is 0.0964. The van der Waals surface area contributed by atoms with E-state index in [2.05, 4.69) is 9.97 Å². The third-order valence-electron chi connectivity index (χ3n) is 3.30. The summed E-state index contributed by atoms with van der Waals surface area (Å²) in [5.41, 5.74) is 6.21. The normalized spacial score (nSPS) is 15.9. The molecule has 0 aromatic carbocycles. The van der Waals surface area contributed by atoms with E-state index in [-0.39, 0.29) is 35.7 Å². The lowest BCUT2D eigenvalue weighted by atomic mass is 10.2. The Labute approximate surface area is 117 Å². The Hall–Kier alpha value is -2.18. The average Bonchev–Trinajstić information content (AvgIpc) is 2.41. The molecule has 0 unspecified atom stereocenters. The molecule has 0 aliphatic carbocycles. The Balaban J connectivity index is 2.25. The number of amides is 2. The van der Waals surface area contributed by atoms with Gasteiger partial charge in [0.1, 0.15) is 12.4 Å². The first-order valence-electron chi connectivity index (χ1n) is 6.55. The van der Waals surface area contributed by atoms with Crippen molar-refractivity contribution in [1.29, 1.82) is 0 Å². The maximum absolute atomic E-state index is 12.4. The van der Waals surface area contributed by atoms with Crippen LogP contribution in [0.15, 0.2) is 6.20 Å². The van der Waals surface area contributed by atoms with Gasteiger partial charge in [-0.3, -0.25) is 9.59 Å². The number of anilines is 1. The molecule has 0 saturated carbocycles. The second-order valence-electron chi connectivity index (χ2n) is 5.23. The Morgan fingerprint density at radius 2 is 2.10 bits per heavy atom. The molecule has 7 nitrogen and oxygen atoms in total. The number of nitrogens with two attached hydrogens (primary N) is 1. The van der Waals surface area contributed by atoms with Crippen molar-refractivity contribution in [2.75, 3.05) is 32.4 Å². The summed E-state index contributed by atoms with van der Waals surface area (Å²) in [7, 11) is 1.72. The number of carbonyl (C=O) groups is 2. The number of piperazine rings is 1. The molecular formula is C13H19N5O2. The summed E-state index contributed by atoms with van der Waals surface area (Å²) >= 11 is 0. The highest BCUT2D eigenvalue weighted by molar-refractivity contribution is 5.99. The molecule has 2 amide bonds. The minimum atomic E-state index is -0.312. The summed E-state index contributed by atoms with van der Waals surface area (Å²) in [6.07, 6.45) is 1.45. The molecule has 0 atom stereocenters. The highest BCUT2D eigenvalue weighted by Gasteiger charge is 2.28. The van der Waals surface area contributed by atoms with Crippen LogP contribution in [0.5, 0.6) is 0 Å². The molecule has 1 saturated heterocycles. The van der Waals surface area contributed by atoms with Crippen LogP contribution in [0.3, 0.4) is 0 Å². The SMILES string of the molecule is CC(C)c1ncc(N)c(C(=O)N2CCN(C)C(=O)C2)n1. The average molecular weight is 277 g/mol. The fourth-order valence-electron chi connectivity index (χ4n) is 1.94. The van der Waals surface area contributed by atoms with E-state index in [4.69, 9.17) is 5.73 Å². The summed E-state index contributed by atoms with van der Waals surface area (Å²) in [6.45, 7) is 4.96. The van der Waals surface area contributed by atoms with Crippen LogP contribution in [0.4, 0.5) is 5.69 Å². The first kappa shape index (κ1) is 14.2. The molecule has 20 heavy (non-hydrogen) atoms. The van der Waals surface area contributed by atoms with E-state index < -0.39 is 0 Å².